The minimum absolute atomic E-state index is 0.122. The van der Waals surface area contributed by atoms with Gasteiger partial charge in [-0.3, -0.25) is 4.79 Å². The van der Waals surface area contributed by atoms with E-state index in [1.165, 1.54) is 0 Å². The van der Waals surface area contributed by atoms with Gasteiger partial charge in [0.15, 0.2) is 4.77 Å². The Hall–Kier alpha value is -0.860. The predicted molar refractivity (Wildman–Crippen MR) is 103 cm³/mol. The van der Waals surface area contributed by atoms with Crippen LogP contribution in [0.1, 0.15) is 43.9 Å². The average molecular weight is 466 g/mol. The van der Waals surface area contributed by atoms with E-state index >= 15 is 0 Å². The zero-order chi connectivity index (χ0) is 17.8. The molecule has 0 saturated heterocycles. The number of hydrogen-bond acceptors (Lipinski definition) is 2. The maximum atomic E-state index is 12.4. The second-order valence-corrected chi connectivity index (χ2v) is 7.52. The van der Waals surface area contributed by atoms with Gasteiger partial charge in [-0.1, -0.05) is 13.8 Å². The van der Waals surface area contributed by atoms with Crippen LogP contribution in [-0.2, 0) is 13.5 Å². The molecule has 0 aromatic carbocycles. The van der Waals surface area contributed by atoms with Gasteiger partial charge in [-0.05, 0) is 64.0 Å². The molecular formula is C15H22Br2N4OS. The van der Waals surface area contributed by atoms with Crippen LogP contribution in [0.5, 0.6) is 0 Å². The molecule has 0 aliphatic carbocycles. The summed E-state index contributed by atoms with van der Waals surface area (Å²) in [6.07, 6.45) is 2.48. The van der Waals surface area contributed by atoms with E-state index in [0.29, 0.717) is 16.9 Å². The van der Waals surface area contributed by atoms with Gasteiger partial charge in [0.05, 0.1) is 9.08 Å². The van der Waals surface area contributed by atoms with Crippen molar-refractivity contribution < 1.29 is 4.79 Å². The largest absolute Gasteiger partial charge is 0.345 e. The first-order valence-electron chi connectivity index (χ1n) is 7.29. The summed E-state index contributed by atoms with van der Waals surface area (Å²) in [6.45, 7) is 7.95. The van der Waals surface area contributed by atoms with E-state index in [1.807, 2.05) is 40.9 Å². The van der Waals surface area contributed by atoms with Gasteiger partial charge in [0.25, 0.3) is 5.91 Å². The molecule has 23 heavy (non-hydrogen) atoms. The fraction of sp³-hybridized carbons (Fsp3) is 0.467. The molecular weight excluding hydrogens is 444 g/mol. The summed E-state index contributed by atoms with van der Waals surface area (Å²) in [6, 6.07) is 1.79. The molecule has 1 amide bonds. The summed E-state index contributed by atoms with van der Waals surface area (Å²) in [5.74, 6) is -0.122. The number of halogens is 2. The van der Waals surface area contributed by atoms with Gasteiger partial charge in [0, 0.05) is 30.9 Å². The number of rotatable bonds is 4. The van der Waals surface area contributed by atoms with Gasteiger partial charge in [0.1, 0.15) is 5.69 Å². The number of H-pyrrole nitrogens is 2. The number of imidazole rings is 1. The van der Waals surface area contributed by atoms with E-state index in [9.17, 15) is 4.79 Å². The van der Waals surface area contributed by atoms with Gasteiger partial charge in [-0.25, -0.2) is 0 Å². The number of amides is 1. The van der Waals surface area contributed by atoms with Crippen molar-refractivity contribution in [3.05, 3.63) is 37.5 Å². The van der Waals surface area contributed by atoms with Crippen molar-refractivity contribution in [2.24, 2.45) is 7.05 Å². The van der Waals surface area contributed by atoms with Gasteiger partial charge in [-0.2, -0.15) is 0 Å². The van der Waals surface area contributed by atoms with Crippen LogP contribution in [0, 0.1) is 4.77 Å². The number of nitrogens with one attached hydrogen (secondary N) is 3. The minimum atomic E-state index is -0.402. The first-order valence-corrected chi connectivity index (χ1v) is 9.29. The molecule has 2 heterocycles. The van der Waals surface area contributed by atoms with Crippen LogP contribution in [0.15, 0.2) is 21.3 Å². The van der Waals surface area contributed by atoms with E-state index in [4.69, 9.17) is 12.2 Å². The quantitative estimate of drug-likeness (QED) is 0.572. The lowest BCUT2D eigenvalue weighted by atomic mass is 9.98. The number of aromatic nitrogens is 3. The lowest BCUT2D eigenvalue weighted by Crippen LogP contribution is -2.45. The summed E-state index contributed by atoms with van der Waals surface area (Å²) in [5, 5.41) is 3.04. The molecule has 5 nitrogen and oxygen atoms in total. The number of carbonyl (C=O) groups excluding carboxylic acids is 1. The Morgan fingerprint density at radius 2 is 2.00 bits per heavy atom. The normalized spacial score (nSPS) is 10.9. The van der Waals surface area contributed by atoms with Crippen molar-refractivity contribution in [3.63, 3.8) is 0 Å². The fourth-order valence-electron chi connectivity index (χ4n) is 2.12. The zero-order valence-electron chi connectivity index (χ0n) is 13.9. The Morgan fingerprint density at radius 1 is 1.39 bits per heavy atom. The highest BCUT2D eigenvalue weighted by Gasteiger charge is 2.24. The smallest absolute Gasteiger partial charge is 0.268 e. The van der Waals surface area contributed by atoms with Gasteiger partial charge in [-0.15, -0.1) is 0 Å². The van der Waals surface area contributed by atoms with Gasteiger partial charge >= 0.3 is 0 Å². The van der Waals surface area contributed by atoms with Crippen LogP contribution in [-0.4, -0.2) is 26.0 Å². The number of hydrogen-bond donors (Lipinski definition) is 3. The average Bonchev–Trinajstić information content (AvgIpc) is 2.98. The topological polar surface area (TPSA) is 65.6 Å². The Bertz CT molecular complexity index is 730. The van der Waals surface area contributed by atoms with Crippen LogP contribution in [0.4, 0.5) is 0 Å². The van der Waals surface area contributed by atoms with E-state index in [0.717, 1.165) is 14.8 Å². The summed E-state index contributed by atoms with van der Waals surface area (Å²) in [7, 11) is 1.83. The molecule has 0 radical (unpaired) electrons. The highest BCUT2D eigenvalue weighted by molar-refractivity contribution is 9.13. The van der Waals surface area contributed by atoms with Crippen LogP contribution in [0.3, 0.4) is 0 Å². The molecule has 128 valence electrons. The van der Waals surface area contributed by atoms with Crippen molar-refractivity contribution in [1.29, 1.82) is 0 Å². The Morgan fingerprint density at radius 3 is 2.43 bits per heavy atom. The maximum absolute atomic E-state index is 12.4. The summed E-state index contributed by atoms with van der Waals surface area (Å²) in [4.78, 5) is 18.4. The Kier molecular flexibility index (Phi) is 7.29. The third kappa shape index (κ3) is 5.32. The Balaban J connectivity index is 0.00000127. The van der Waals surface area contributed by atoms with Crippen LogP contribution in [0.2, 0.25) is 0 Å². The first kappa shape index (κ1) is 20.2. The monoisotopic (exact) mass is 464 g/mol. The molecule has 0 fully saturated rings. The standard InChI is InChI=1S/C13H16Br2N4OS.C2H6/c1-13(2,5-7-6-16-12(21)17-7)18-11(20)9-4-8(14)10(15)19(9)3;1-2/h4,6H,5H2,1-3H3,(H,18,20)(H2,16,17,21);1-2H3. The van der Waals surface area contributed by atoms with E-state index in [1.54, 1.807) is 10.6 Å². The van der Waals surface area contributed by atoms with Gasteiger partial charge in [0.2, 0.25) is 0 Å². The molecule has 0 spiro atoms. The SMILES string of the molecule is CC.Cn1c(C(=O)NC(C)(C)Cc2c[nH]c(=S)[nH]2)cc(Br)c1Br. The molecule has 2 aromatic rings. The third-order valence-electron chi connectivity index (χ3n) is 3.08. The highest BCUT2D eigenvalue weighted by atomic mass is 79.9. The maximum Gasteiger partial charge on any atom is 0.268 e. The molecule has 0 saturated carbocycles. The predicted octanol–water partition coefficient (Wildman–Crippen LogP) is 4.71. The second kappa shape index (κ2) is 8.30. The third-order valence-corrected chi connectivity index (χ3v) is 5.40. The summed E-state index contributed by atoms with van der Waals surface area (Å²) < 4.78 is 4.06. The van der Waals surface area contributed by atoms with Crippen LogP contribution < -0.4 is 5.32 Å². The fourth-order valence-corrected chi connectivity index (χ4v) is 3.10. The Labute approximate surface area is 158 Å². The highest BCUT2D eigenvalue weighted by Crippen LogP contribution is 2.26. The minimum Gasteiger partial charge on any atom is -0.345 e. The van der Waals surface area contributed by atoms with E-state index < -0.39 is 5.54 Å². The van der Waals surface area contributed by atoms with Crippen molar-refractivity contribution in [2.75, 3.05) is 0 Å². The molecule has 8 heteroatoms. The second-order valence-electron chi connectivity index (χ2n) is 5.51. The van der Waals surface area contributed by atoms with Gasteiger partial charge < -0.3 is 19.9 Å². The first-order chi connectivity index (χ1) is 10.7. The summed E-state index contributed by atoms with van der Waals surface area (Å²) in [5.41, 5.74) is 1.14. The molecule has 2 rings (SSSR count). The molecule has 3 N–H and O–H groups in total. The lowest BCUT2D eigenvalue weighted by molar-refractivity contribution is 0.0904. The van der Waals surface area contributed by atoms with E-state index in [-0.39, 0.29) is 5.91 Å². The molecule has 0 atom stereocenters. The van der Waals surface area contributed by atoms with E-state index in [2.05, 4.69) is 47.1 Å². The van der Waals surface area contributed by atoms with Crippen molar-refractivity contribution in [2.45, 2.75) is 39.7 Å². The molecule has 0 aliphatic heterocycles. The molecule has 0 bridgehead atoms. The number of carbonyl (C=O) groups is 1. The summed E-state index contributed by atoms with van der Waals surface area (Å²) >= 11 is 11.8. The van der Waals surface area contributed by atoms with Crippen molar-refractivity contribution in [3.8, 4) is 0 Å². The van der Waals surface area contributed by atoms with Crippen molar-refractivity contribution in [1.82, 2.24) is 19.9 Å². The molecule has 0 unspecified atom stereocenters. The molecule has 0 aliphatic rings. The van der Waals surface area contributed by atoms with Crippen molar-refractivity contribution >= 4 is 50.0 Å². The number of aromatic amines is 2. The van der Waals surface area contributed by atoms with Crippen LogP contribution >= 0.6 is 44.1 Å². The molecule has 2 aromatic heterocycles. The number of nitrogens with zero attached hydrogens (tertiary/aromatic N) is 1. The lowest BCUT2D eigenvalue weighted by Gasteiger charge is -2.25. The van der Waals surface area contributed by atoms with Crippen LogP contribution in [0.25, 0.3) is 0 Å². The zero-order valence-corrected chi connectivity index (χ0v) is 17.9.